The standard InChI is InChI=1S/C16H18N2O2S/c1-2-20-10-18-13-9-5-7-11-6-3-4-8-12(11)14(13)15(19)17-16(18)21/h3-4,6,8H,2,5,7,9-10H2,1H3,(H,17,19,21). The second kappa shape index (κ2) is 5.95. The maximum atomic E-state index is 12.4. The number of rotatable bonds is 3. The van der Waals surface area contributed by atoms with Crippen LogP contribution >= 0.6 is 12.2 Å². The van der Waals surface area contributed by atoms with Crippen molar-refractivity contribution < 1.29 is 4.74 Å². The van der Waals surface area contributed by atoms with Gasteiger partial charge in [0, 0.05) is 12.3 Å². The van der Waals surface area contributed by atoms with Crippen molar-refractivity contribution in [1.82, 2.24) is 9.55 Å². The lowest BCUT2D eigenvalue weighted by Gasteiger charge is -2.16. The summed E-state index contributed by atoms with van der Waals surface area (Å²) in [7, 11) is 0. The van der Waals surface area contributed by atoms with Gasteiger partial charge in [0.1, 0.15) is 6.73 Å². The van der Waals surface area contributed by atoms with Gasteiger partial charge in [-0.1, -0.05) is 24.3 Å². The molecule has 1 aliphatic rings. The van der Waals surface area contributed by atoms with E-state index in [9.17, 15) is 4.79 Å². The van der Waals surface area contributed by atoms with Crippen LogP contribution in [0.3, 0.4) is 0 Å². The summed E-state index contributed by atoms with van der Waals surface area (Å²) in [5.74, 6) is 0. The van der Waals surface area contributed by atoms with E-state index in [1.165, 1.54) is 5.56 Å². The van der Waals surface area contributed by atoms with E-state index in [1.54, 1.807) is 0 Å². The molecule has 0 spiro atoms. The van der Waals surface area contributed by atoms with Crippen LogP contribution in [0.1, 0.15) is 24.6 Å². The van der Waals surface area contributed by atoms with Gasteiger partial charge in [-0.05, 0) is 49.5 Å². The van der Waals surface area contributed by atoms with Gasteiger partial charge in [-0.15, -0.1) is 0 Å². The minimum Gasteiger partial charge on any atom is -0.361 e. The molecule has 0 amide bonds. The molecule has 1 aromatic heterocycles. The van der Waals surface area contributed by atoms with Crippen molar-refractivity contribution in [3.63, 3.8) is 0 Å². The number of H-pyrrole nitrogens is 1. The molecule has 1 N–H and O–H groups in total. The summed E-state index contributed by atoms with van der Waals surface area (Å²) >= 11 is 5.31. The highest BCUT2D eigenvalue weighted by molar-refractivity contribution is 7.71. The van der Waals surface area contributed by atoms with Gasteiger partial charge in [0.05, 0.1) is 5.56 Å². The lowest BCUT2D eigenvalue weighted by molar-refractivity contribution is 0.0837. The fourth-order valence-corrected chi connectivity index (χ4v) is 3.16. The van der Waals surface area contributed by atoms with E-state index in [0.717, 1.165) is 36.1 Å². The molecule has 0 saturated carbocycles. The quantitative estimate of drug-likeness (QED) is 0.886. The van der Waals surface area contributed by atoms with Gasteiger partial charge in [0.25, 0.3) is 5.56 Å². The lowest BCUT2D eigenvalue weighted by Crippen LogP contribution is -2.21. The zero-order valence-electron chi connectivity index (χ0n) is 12.0. The van der Waals surface area contributed by atoms with Crippen molar-refractivity contribution in [2.75, 3.05) is 6.61 Å². The fourth-order valence-electron chi connectivity index (χ4n) is 2.90. The maximum Gasteiger partial charge on any atom is 0.259 e. The van der Waals surface area contributed by atoms with E-state index >= 15 is 0 Å². The number of nitrogens with one attached hydrogen (secondary N) is 1. The Labute approximate surface area is 128 Å². The molecule has 110 valence electrons. The molecule has 0 bridgehead atoms. The fraction of sp³-hybridized carbons (Fsp3) is 0.375. The monoisotopic (exact) mass is 302 g/mol. The highest BCUT2D eigenvalue weighted by Crippen LogP contribution is 2.29. The van der Waals surface area contributed by atoms with E-state index in [0.29, 0.717) is 18.1 Å². The molecule has 0 atom stereocenters. The zero-order chi connectivity index (χ0) is 14.8. The summed E-state index contributed by atoms with van der Waals surface area (Å²) in [6, 6.07) is 8.11. The summed E-state index contributed by atoms with van der Waals surface area (Å²) in [4.78, 5) is 15.2. The first-order chi connectivity index (χ1) is 10.2. The number of fused-ring (bicyclic) bond motifs is 3. The summed E-state index contributed by atoms with van der Waals surface area (Å²) in [5.41, 5.74) is 3.88. The van der Waals surface area contributed by atoms with Crippen molar-refractivity contribution in [3.05, 3.63) is 50.6 Å². The number of aryl methyl sites for hydroxylation is 1. The molecule has 2 aromatic rings. The van der Waals surface area contributed by atoms with Crippen LogP contribution in [-0.2, 0) is 24.3 Å². The number of hydrogen-bond acceptors (Lipinski definition) is 3. The maximum absolute atomic E-state index is 12.4. The largest absolute Gasteiger partial charge is 0.361 e. The van der Waals surface area contributed by atoms with E-state index < -0.39 is 0 Å². The smallest absolute Gasteiger partial charge is 0.259 e. The Morgan fingerprint density at radius 2 is 2.14 bits per heavy atom. The average Bonchev–Trinajstić information content (AvgIpc) is 2.66. The van der Waals surface area contributed by atoms with E-state index in [1.807, 2.05) is 29.7 Å². The molecule has 0 unspecified atom stereocenters. The van der Waals surface area contributed by atoms with Gasteiger partial charge in [-0.3, -0.25) is 14.3 Å². The van der Waals surface area contributed by atoms with Crippen LogP contribution in [0.15, 0.2) is 29.1 Å². The van der Waals surface area contributed by atoms with Crippen LogP contribution in [0, 0.1) is 4.77 Å². The van der Waals surface area contributed by atoms with Crippen LogP contribution < -0.4 is 5.56 Å². The number of aromatic amines is 1. The van der Waals surface area contributed by atoms with E-state index in [4.69, 9.17) is 17.0 Å². The molecule has 0 fully saturated rings. The van der Waals surface area contributed by atoms with Crippen molar-refractivity contribution in [2.24, 2.45) is 0 Å². The Balaban J connectivity index is 2.28. The Morgan fingerprint density at radius 3 is 2.95 bits per heavy atom. The highest BCUT2D eigenvalue weighted by Gasteiger charge is 2.20. The van der Waals surface area contributed by atoms with E-state index in [2.05, 4.69) is 11.1 Å². The molecule has 0 saturated heterocycles. The summed E-state index contributed by atoms with van der Waals surface area (Å²) in [6.07, 6.45) is 2.82. The molecule has 5 heteroatoms. The Kier molecular flexibility index (Phi) is 4.03. The van der Waals surface area contributed by atoms with Gasteiger partial charge < -0.3 is 4.74 Å². The predicted octanol–water partition coefficient (Wildman–Crippen LogP) is 3.06. The Bertz CT molecular complexity index is 777. The second-order valence-electron chi connectivity index (χ2n) is 5.14. The summed E-state index contributed by atoms with van der Waals surface area (Å²) in [5, 5.41) is 0. The third kappa shape index (κ3) is 2.59. The molecular weight excluding hydrogens is 284 g/mol. The van der Waals surface area contributed by atoms with Crippen LogP contribution in [0.5, 0.6) is 0 Å². The molecule has 1 aromatic carbocycles. The van der Waals surface area contributed by atoms with Gasteiger partial charge in [-0.25, -0.2) is 0 Å². The van der Waals surface area contributed by atoms with E-state index in [-0.39, 0.29) is 5.56 Å². The second-order valence-corrected chi connectivity index (χ2v) is 5.53. The molecule has 21 heavy (non-hydrogen) atoms. The van der Waals surface area contributed by atoms with Crippen molar-refractivity contribution in [3.8, 4) is 11.1 Å². The predicted molar refractivity (Wildman–Crippen MR) is 85.0 cm³/mol. The molecule has 4 nitrogen and oxygen atoms in total. The third-order valence-corrected chi connectivity index (χ3v) is 4.20. The Hall–Kier alpha value is -1.72. The average molecular weight is 302 g/mol. The number of benzene rings is 1. The minimum absolute atomic E-state index is 0.0999. The molecular formula is C16H18N2O2S. The molecule has 3 rings (SSSR count). The van der Waals surface area contributed by atoms with Gasteiger partial charge in [0.2, 0.25) is 0 Å². The van der Waals surface area contributed by atoms with Gasteiger partial charge >= 0.3 is 0 Å². The number of hydrogen-bond donors (Lipinski definition) is 1. The van der Waals surface area contributed by atoms with Crippen LogP contribution in [0.25, 0.3) is 11.1 Å². The first-order valence-electron chi connectivity index (χ1n) is 7.24. The highest BCUT2D eigenvalue weighted by atomic mass is 32.1. The minimum atomic E-state index is -0.0999. The summed E-state index contributed by atoms with van der Waals surface area (Å²) in [6.45, 7) is 2.95. The Morgan fingerprint density at radius 1 is 1.33 bits per heavy atom. The first-order valence-corrected chi connectivity index (χ1v) is 7.65. The number of nitrogens with zero attached hydrogens (tertiary/aromatic N) is 1. The summed E-state index contributed by atoms with van der Waals surface area (Å²) < 4.78 is 7.86. The SMILES string of the molecule is CCOCn1c2c(c(=O)[nH]c1=S)-c1ccccc1CCC2. The van der Waals surface area contributed by atoms with Crippen LogP contribution in [-0.4, -0.2) is 16.2 Å². The molecule has 1 aliphatic carbocycles. The van der Waals surface area contributed by atoms with Crippen LogP contribution in [0.4, 0.5) is 0 Å². The first kappa shape index (κ1) is 14.2. The van der Waals surface area contributed by atoms with Crippen molar-refractivity contribution in [1.29, 1.82) is 0 Å². The van der Waals surface area contributed by atoms with Gasteiger partial charge in [0.15, 0.2) is 4.77 Å². The third-order valence-electron chi connectivity index (χ3n) is 3.88. The molecule has 0 aliphatic heterocycles. The molecule has 1 heterocycles. The number of aromatic nitrogens is 2. The topological polar surface area (TPSA) is 47.0 Å². The van der Waals surface area contributed by atoms with Gasteiger partial charge in [-0.2, -0.15) is 0 Å². The zero-order valence-corrected chi connectivity index (χ0v) is 12.8. The lowest BCUT2D eigenvalue weighted by atomic mass is 10.0. The normalized spacial score (nSPS) is 13.4. The van der Waals surface area contributed by atoms with Crippen molar-refractivity contribution in [2.45, 2.75) is 32.9 Å². The molecule has 0 radical (unpaired) electrons. The van der Waals surface area contributed by atoms with Crippen molar-refractivity contribution >= 4 is 12.2 Å². The number of ether oxygens (including phenoxy) is 1. The van der Waals surface area contributed by atoms with Crippen LogP contribution in [0.2, 0.25) is 0 Å².